The Labute approximate surface area is 266 Å². The maximum absolute atomic E-state index is 15.1. The standard InChI is InChI=1S/C37H46N2O6/c1-6-9-13-22-44-35(43)30-29-33(41)39(28(24-40)23-27-17-11-10-12-18-27)32(37(29)20-19-36(30,8-3)45-37)34(42)38(21-7-2)31-25(4)15-14-16-26(31)5/h6-7,10-12,14-18,28-30,32,40H,1-2,8-9,13,19-24H2,3-5H3/t28-,29+,30+,32?,36-,37?/m1/s1. The maximum Gasteiger partial charge on any atom is 0.312 e. The molecule has 1 N–H and O–H groups in total. The number of unbranched alkanes of at least 4 members (excludes halogenated alkanes) is 1. The summed E-state index contributed by atoms with van der Waals surface area (Å²) in [5, 5.41) is 10.8. The van der Waals surface area contributed by atoms with Gasteiger partial charge in [0.05, 0.1) is 30.8 Å². The van der Waals surface area contributed by atoms with Crippen LogP contribution < -0.4 is 4.90 Å². The molecular weight excluding hydrogens is 568 g/mol. The number of esters is 1. The van der Waals surface area contributed by atoms with Crippen molar-refractivity contribution in [2.45, 2.75) is 82.6 Å². The third-order valence-electron chi connectivity index (χ3n) is 10.1. The number of hydrogen-bond donors (Lipinski definition) is 1. The molecule has 5 rings (SSSR count). The smallest absolute Gasteiger partial charge is 0.312 e. The molecule has 3 heterocycles. The summed E-state index contributed by atoms with van der Waals surface area (Å²) in [7, 11) is 0. The van der Waals surface area contributed by atoms with E-state index >= 15 is 4.79 Å². The summed E-state index contributed by atoms with van der Waals surface area (Å²) in [5.74, 6) is -2.86. The van der Waals surface area contributed by atoms with Crippen molar-refractivity contribution in [3.63, 3.8) is 0 Å². The Bertz CT molecular complexity index is 1420. The van der Waals surface area contributed by atoms with Crippen LogP contribution in [0.1, 0.15) is 55.7 Å². The Balaban J connectivity index is 1.63. The van der Waals surface area contributed by atoms with Gasteiger partial charge in [-0.2, -0.15) is 0 Å². The van der Waals surface area contributed by atoms with Crippen LogP contribution in [-0.4, -0.2) is 70.8 Å². The fourth-order valence-electron chi connectivity index (χ4n) is 8.11. The molecule has 3 aliphatic rings. The number of aliphatic hydroxyl groups is 1. The van der Waals surface area contributed by atoms with E-state index in [1.807, 2.05) is 69.3 Å². The summed E-state index contributed by atoms with van der Waals surface area (Å²) in [4.78, 5) is 47.0. The number of fused-ring (bicyclic) bond motifs is 1. The highest BCUT2D eigenvalue weighted by molar-refractivity contribution is 6.05. The molecule has 0 radical (unpaired) electrons. The van der Waals surface area contributed by atoms with Gasteiger partial charge in [-0.1, -0.05) is 67.6 Å². The lowest BCUT2D eigenvalue weighted by Gasteiger charge is -2.40. The topological polar surface area (TPSA) is 96.4 Å². The number of carbonyl (C=O) groups is 3. The van der Waals surface area contributed by atoms with Crippen LogP contribution in [0.2, 0.25) is 0 Å². The van der Waals surface area contributed by atoms with Gasteiger partial charge in [0.15, 0.2) is 0 Å². The number of amides is 2. The van der Waals surface area contributed by atoms with Gasteiger partial charge in [-0.15, -0.1) is 13.2 Å². The van der Waals surface area contributed by atoms with Gasteiger partial charge in [0.2, 0.25) is 5.91 Å². The van der Waals surface area contributed by atoms with Crippen LogP contribution in [0.15, 0.2) is 73.8 Å². The van der Waals surface area contributed by atoms with E-state index in [9.17, 15) is 14.7 Å². The quantitative estimate of drug-likeness (QED) is 0.181. The van der Waals surface area contributed by atoms with Gasteiger partial charge in [0, 0.05) is 12.2 Å². The monoisotopic (exact) mass is 614 g/mol. The predicted octanol–water partition coefficient (Wildman–Crippen LogP) is 5.09. The third kappa shape index (κ3) is 5.52. The zero-order valence-corrected chi connectivity index (χ0v) is 26.7. The highest BCUT2D eigenvalue weighted by Crippen LogP contribution is 2.65. The number of benzene rings is 2. The fourth-order valence-corrected chi connectivity index (χ4v) is 8.11. The van der Waals surface area contributed by atoms with Crippen molar-refractivity contribution in [2.24, 2.45) is 11.8 Å². The molecule has 0 saturated carbocycles. The Hall–Kier alpha value is -3.75. The Morgan fingerprint density at radius 1 is 1.11 bits per heavy atom. The number of allylic oxidation sites excluding steroid dienone is 1. The molecule has 3 saturated heterocycles. The van der Waals surface area contributed by atoms with E-state index in [0.717, 1.165) is 22.4 Å². The van der Waals surface area contributed by atoms with E-state index in [0.29, 0.717) is 38.5 Å². The predicted molar refractivity (Wildman–Crippen MR) is 174 cm³/mol. The first-order valence-electron chi connectivity index (χ1n) is 16.1. The summed E-state index contributed by atoms with van der Waals surface area (Å²) in [5.41, 5.74) is 1.37. The van der Waals surface area contributed by atoms with Crippen molar-refractivity contribution in [3.05, 3.63) is 90.5 Å². The lowest BCUT2D eigenvalue weighted by Crippen LogP contribution is -2.59. The van der Waals surface area contributed by atoms with Crippen LogP contribution >= 0.6 is 0 Å². The molecular formula is C37H46N2O6. The van der Waals surface area contributed by atoms with Crippen molar-refractivity contribution >= 4 is 23.5 Å². The van der Waals surface area contributed by atoms with E-state index in [1.165, 1.54) is 0 Å². The molecule has 2 amide bonds. The largest absolute Gasteiger partial charge is 0.465 e. The Kier molecular flexibility index (Phi) is 9.65. The van der Waals surface area contributed by atoms with Gasteiger partial charge in [-0.05, 0) is 69.1 Å². The van der Waals surface area contributed by atoms with Crippen LogP contribution in [0.5, 0.6) is 0 Å². The SMILES string of the molecule is C=CCCCOC(=O)[C@@H]1[C@H]2C(=O)N([C@@H](CO)Cc3ccccc3)C(C(=O)N(CC=C)c3c(C)cccc3C)C23CC[C@@]1(CC)O3. The van der Waals surface area contributed by atoms with Gasteiger partial charge in [0.1, 0.15) is 17.6 Å². The molecule has 3 fully saturated rings. The average molecular weight is 615 g/mol. The van der Waals surface area contributed by atoms with Crippen LogP contribution in [0.3, 0.4) is 0 Å². The molecule has 240 valence electrons. The lowest BCUT2D eigenvalue weighted by atomic mass is 9.65. The summed E-state index contributed by atoms with van der Waals surface area (Å²) in [6.45, 7) is 13.6. The second-order valence-electron chi connectivity index (χ2n) is 12.7. The zero-order chi connectivity index (χ0) is 32.4. The molecule has 1 spiro atoms. The van der Waals surface area contributed by atoms with Crippen molar-refractivity contribution in [1.82, 2.24) is 4.90 Å². The number of likely N-dealkylation sites (tertiary alicyclic amines) is 1. The first-order valence-corrected chi connectivity index (χ1v) is 16.1. The van der Waals surface area contributed by atoms with Gasteiger partial charge < -0.3 is 24.4 Å². The minimum absolute atomic E-state index is 0.216. The van der Waals surface area contributed by atoms with Crippen molar-refractivity contribution < 1.29 is 29.0 Å². The molecule has 0 aromatic heterocycles. The maximum atomic E-state index is 15.1. The zero-order valence-electron chi connectivity index (χ0n) is 26.7. The van der Waals surface area contributed by atoms with Crippen LogP contribution in [-0.2, 0) is 30.3 Å². The van der Waals surface area contributed by atoms with E-state index in [-0.39, 0.29) is 31.6 Å². The van der Waals surface area contributed by atoms with Gasteiger partial charge in [0.25, 0.3) is 5.91 Å². The van der Waals surface area contributed by atoms with E-state index < -0.39 is 41.1 Å². The molecule has 2 bridgehead atoms. The van der Waals surface area contributed by atoms with Crippen LogP contribution in [0.25, 0.3) is 0 Å². The lowest BCUT2D eigenvalue weighted by molar-refractivity contribution is -0.162. The normalized spacial score (nSPS) is 27.2. The number of rotatable bonds is 14. The molecule has 2 aromatic rings. The molecule has 8 heteroatoms. The van der Waals surface area contributed by atoms with Crippen LogP contribution in [0.4, 0.5) is 5.69 Å². The van der Waals surface area contributed by atoms with Gasteiger partial charge in [-0.3, -0.25) is 14.4 Å². The number of hydrogen-bond acceptors (Lipinski definition) is 6. The Morgan fingerprint density at radius 3 is 2.44 bits per heavy atom. The average Bonchev–Trinajstić information content (AvgIpc) is 3.65. The van der Waals surface area contributed by atoms with E-state index in [2.05, 4.69) is 13.2 Å². The minimum atomic E-state index is -1.24. The second-order valence-corrected chi connectivity index (χ2v) is 12.7. The molecule has 2 aromatic carbocycles. The van der Waals surface area contributed by atoms with Gasteiger partial charge >= 0.3 is 5.97 Å². The van der Waals surface area contributed by atoms with Crippen molar-refractivity contribution in [2.75, 3.05) is 24.7 Å². The molecule has 0 aliphatic carbocycles. The highest BCUT2D eigenvalue weighted by atomic mass is 16.6. The molecule has 3 aliphatic heterocycles. The summed E-state index contributed by atoms with van der Waals surface area (Å²) in [6.07, 6.45) is 6.62. The first-order chi connectivity index (χ1) is 21.7. The van der Waals surface area contributed by atoms with Crippen molar-refractivity contribution in [3.8, 4) is 0 Å². The number of para-hydroxylation sites is 1. The summed E-state index contributed by atoms with van der Waals surface area (Å²) < 4.78 is 12.7. The number of aryl methyl sites for hydroxylation is 2. The second kappa shape index (κ2) is 13.3. The summed E-state index contributed by atoms with van der Waals surface area (Å²) >= 11 is 0. The third-order valence-corrected chi connectivity index (χ3v) is 10.1. The minimum Gasteiger partial charge on any atom is -0.465 e. The van der Waals surface area contributed by atoms with Gasteiger partial charge in [-0.25, -0.2) is 0 Å². The molecule has 2 unspecified atom stereocenters. The highest BCUT2D eigenvalue weighted by Gasteiger charge is 2.79. The number of aliphatic hydroxyl groups excluding tert-OH is 1. The van der Waals surface area contributed by atoms with Crippen LogP contribution in [0, 0.1) is 25.7 Å². The number of carbonyl (C=O) groups excluding carboxylic acids is 3. The number of ether oxygens (including phenoxy) is 2. The van der Waals surface area contributed by atoms with Crippen molar-refractivity contribution in [1.29, 1.82) is 0 Å². The molecule has 6 atom stereocenters. The molecule has 8 nitrogen and oxygen atoms in total. The molecule has 45 heavy (non-hydrogen) atoms. The summed E-state index contributed by atoms with van der Waals surface area (Å²) in [6, 6.07) is 13.7. The number of anilines is 1. The van der Waals surface area contributed by atoms with E-state index in [4.69, 9.17) is 9.47 Å². The first kappa shape index (κ1) is 32.6. The van der Waals surface area contributed by atoms with E-state index in [1.54, 1.807) is 22.0 Å². The fraction of sp³-hybridized carbons (Fsp3) is 0.486. The Morgan fingerprint density at radius 2 is 1.82 bits per heavy atom. The number of nitrogens with zero attached hydrogens (tertiary/aromatic N) is 2.